The fourth-order valence-corrected chi connectivity index (χ4v) is 3.37. The lowest BCUT2D eigenvalue weighted by atomic mass is 10.0. The van der Waals surface area contributed by atoms with E-state index in [9.17, 15) is 0 Å². The van der Waals surface area contributed by atoms with Crippen molar-refractivity contribution in [2.45, 2.75) is 111 Å². The predicted octanol–water partition coefficient (Wildman–Crippen LogP) is 6.76. The van der Waals surface area contributed by atoms with Crippen molar-refractivity contribution < 1.29 is 0 Å². The Morgan fingerprint density at radius 2 is 1.32 bits per heavy atom. The van der Waals surface area contributed by atoms with E-state index in [4.69, 9.17) is 5.10 Å². The molecule has 1 heterocycles. The Balaban J connectivity index is 2.44. The first-order valence-corrected chi connectivity index (χ1v) is 9.71. The van der Waals surface area contributed by atoms with Crippen LogP contribution < -0.4 is 0 Å². The number of hydrogen-bond acceptors (Lipinski definition) is 1. The van der Waals surface area contributed by atoms with Gasteiger partial charge in [-0.05, 0) is 32.8 Å². The summed E-state index contributed by atoms with van der Waals surface area (Å²) in [5, 5.41) is 4.76. The summed E-state index contributed by atoms with van der Waals surface area (Å²) in [5.41, 5.74) is 2.50. The SMILES string of the molecule is CCCCCCCC(CCCCCCC)n1nc(C)cc1C. The summed E-state index contributed by atoms with van der Waals surface area (Å²) in [4.78, 5) is 0. The normalized spacial score (nSPS) is 11.5. The third-order valence-electron chi connectivity index (χ3n) is 4.67. The van der Waals surface area contributed by atoms with Crippen LogP contribution in [0.3, 0.4) is 0 Å². The van der Waals surface area contributed by atoms with E-state index in [2.05, 4.69) is 38.4 Å². The fourth-order valence-electron chi connectivity index (χ4n) is 3.37. The van der Waals surface area contributed by atoms with E-state index in [1.165, 1.54) is 88.4 Å². The summed E-state index contributed by atoms with van der Waals surface area (Å²) in [7, 11) is 0. The van der Waals surface area contributed by atoms with Crippen molar-refractivity contribution in [1.82, 2.24) is 9.78 Å². The molecule has 22 heavy (non-hydrogen) atoms. The van der Waals surface area contributed by atoms with Crippen molar-refractivity contribution in [3.05, 3.63) is 17.5 Å². The van der Waals surface area contributed by atoms with Crippen LogP contribution in [0.25, 0.3) is 0 Å². The van der Waals surface area contributed by atoms with Crippen molar-refractivity contribution in [3.63, 3.8) is 0 Å². The smallest absolute Gasteiger partial charge is 0.0596 e. The molecule has 2 nitrogen and oxygen atoms in total. The summed E-state index contributed by atoms with van der Waals surface area (Å²) >= 11 is 0. The lowest BCUT2D eigenvalue weighted by Gasteiger charge is -2.19. The van der Waals surface area contributed by atoms with E-state index >= 15 is 0 Å². The fraction of sp³-hybridized carbons (Fsp3) is 0.850. The highest BCUT2D eigenvalue weighted by Crippen LogP contribution is 2.25. The van der Waals surface area contributed by atoms with Crippen molar-refractivity contribution in [1.29, 1.82) is 0 Å². The molecule has 0 aliphatic carbocycles. The minimum Gasteiger partial charge on any atom is -0.267 e. The summed E-state index contributed by atoms with van der Waals surface area (Å²) in [5.74, 6) is 0. The van der Waals surface area contributed by atoms with Crippen molar-refractivity contribution in [2.75, 3.05) is 0 Å². The molecule has 0 saturated carbocycles. The van der Waals surface area contributed by atoms with Gasteiger partial charge in [-0.3, -0.25) is 4.68 Å². The largest absolute Gasteiger partial charge is 0.267 e. The van der Waals surface area contributed by atoms with Crippen LogP contribution in [0.2, 0.25) is 0 Å². The average Bonchev–Trinajstić information content (AvgIpc) is 2.83. The van der Waals surface area contributed by atoms with Gasteiger partial charge in [-0.25, -0.2) is 0 Å². The van der Waals surface area contributed by atoms with Gasteiger partial charge in [0.1, 0.15) is 0 Å². The molecule has 0 atom stereocenters. The molecule has 1 rings (SSSR count). The standard InChI is InChI=1S/C20H38N2/c1-5-7-9-11-13-15-20(16-14-12-10-8-6-2)22-19(4)17-18(3)21-22/h17,20H,5-16H2,1-4H3. The molecular formula is C20H38N2. The van der Waals surface area contributed by atoms with E-state index in [-0.39, 0.29) is 0 Å². The molecule has 0 fully saturated rings. The molecular weight excluding hydrogens is 268 g/mol. The summed E-state index contributed by atoms with van der Waals surface area (Å²) in [6.45, 7) is 8.90. The zero-order valence-corrected chi connectivity index (χ0v) is 15.5. The number of rotatable bonds is 13. The van der Waals surface area contributed by atoms with Gasteiger partial charge in [0.05, 0.1) is 11.7 Å². The Bertz CT molecular complexity index is 367. The Hall–Kier alpha value is -0.790. The first-order chi connectivity index (χ1) is 10.7. The van der Waals surface area contributed by atoms with E-state index in [1.807, 2.05) is 0 Å². The second-order valence-electron chi connectivity index (χ2n) is 6.93. The molecule has 0 aliphatic heterocycles. The van der Waals surface area contributed by atoms with Gasteiger partial charge in [0.15, 0.2) is 0 Å². The van der Waals surface area contributed by atoms with Gasteiger partial charge in [-0.15, -0.1) is 0 Å². The van der Waals surface area contributed by atoms with Crippen LogP contribution in [0.4, 0.5) is 0 Å². The molecule has 0 amide bonds. The van der Waals surface area contributed by atoms with Gasteiger partial charge in [-0.2, -0.15) is 5.10 Å². The summed E-state index contributed by atoms with van der Waals surface area (Å²) < 4.78 is 2.31. The number of aryl methyl sites for hydroxylation is 2. The maximum atomic E-state index is 4.76. The molecule has 0 saturated heterocycles. The minimum atomic E-state index is 0.622. The molecule has 0 aromatic carbocycles. The number of unbranched alkanes of at least 4 members (excludes halogenated alkanes) is 8. The third kappa shape index (κ3) is 7.47. The van der Waals surface area contributed by atoms with Crippen LogP contribution in [-0.2, 0) is 0 Å². The number of aromatic nitrogens is 2. The van der Waals surface area contributed by atoms with Crippen LogP contribution in [-0.4, -0.2) is 9.78 Å². The molecule has 0 spiro atoms. The predicted molar refractivity (Wildman–Crippen MR) is 97.5 cm³/mol. The molecule has 1 aromatic heterocycles. The second-order valence-corrected chi connectivity index (χ2v) is 6.93. The van der Waals surface area contributed by atoms with Crippen LogP contribution in [0.1, 0.15) is 108 Å². The highest BCUT2D eigenvalue weighted by atomic mass is 15.3. The van der Waals surface area contributed by atoms with Gasteiger partial charge in [0.2, 0.25) is 0 Å². The highest BCUT2D eigenvalue weighted by molar-refractivity contribution is 5.07. The first-order valence-electron chi connectivity index (χ1n) is 9.71. The Kier molecular flexibility index (Phi) is 10.3. The average molecular weight is 307 g/mol. The van der Waals surface area contributed by atoms with Gasteiger partial charge in [0.25, 0.3) is 0 Å². The molecule has 0 N–H and O–H groups in total. The van der Waals surface area contributed by atoms with E-state index in [0.717, 1.165) is 0 Å². The zero-order chi connectivity index (χ0) is 16.2. The van der Waals surface area contributed by atoms with Crippen molar-refractivity contribution in [3.8, 4) is 0 Å². The number of nitrogens with zero attached hydrogens (tertiary/aromatic N) is 2. The van der Waals surface area contributed by atoms with Gasteiger partial charge in [-0.1, -0.05) is 78.1 Å². The first kappa shape index (κ1) is 19.3. The van der Waals surface area contributed by atoms with Crippen LogP contribution in [0.15, 0.2) is 6.07 Å². The third-order valence-corrected chi connectivity index (χ3v) is 4.67. The van der Waals surface area contributed by atoms with Gasteiger partial charge < -0.3 is 0 Å². The lowest BCUT2D eigenvalue weighted by molar-refractivity contribution is 0.360. The van der Waals surface area contributed by atoms with E-state index in [1.54, 1.807) is 0 Å². The lowest BCUT2D eigenvalue weighted by Crippen LogP contribution is -2.13. The zero-order valence-electron chi connectivity index (χ0n) is 15.5. The maximum Gasteiger partial charge on any atom is 0.0596 e. The highest BCUT2D eigenvalue weighted by Gasteiger charge is 2.14. The van der Waals surface area contributed by atoms with Crippen LogP contribution in [0.5, 0.6) is 0 Å². The molecule has 0 aliphatic rings. The Labute approximate surface area is 138 Å². The quantitative estimate of drug-likeness (QED) is 0.368. The van der Waals surface area contributed by atoms with Gasteiger partial charge in [0, 0.05) is 5.69 Å². The van der Waals surface area contributed by atoms with Crippen LogP contribution >= 0.6 is 0 Å². The second kappa shape index (κ2) is 11.7. The molecule has 0 unspecified atom stereocenters. The van der Waals surface area contributed by atoms with Crippen molar-refractivity contribution >= 4 is 0 Å². The van der Waals surface area contributed by atoms with E-state index < -0.39 is 0 Å². The topological polar surface area (TPSA) is 17.8 Å². The molecule has 0 bridgehead atoms. The Morgan fingerprint density at radius 1 is 0.818 bits per heavy atom. The molecule has 0 radical (unpaired) electrons. The summed E-state index contributed by atoms with van der Waals surface area (Å²) in [6.07, 6.45) is 16.3. The molecule has 1 aromatic rings. The maximum absolute atomic E-state index is 4.76. The Morgan fingerprint density at radius 3 is 1.73 bits per heavy atom. The summed E-state index contributed by atoms with van der Waals surface area (Å²) in [6, 6.07) is 2.85. The number of hydrogen-bond donors (Lipinski definition) is 0. The van der Waals surface area contributed by atoms with Crippen LogP contribution in [0, 0.1) is 13.8 Å². The minimum absolute atomic E-state index is 0.622. The molecule has 128 valence electrons. The monoisotopic (exact) mass is 306 g/mol. The van der Waals surface area contributed by atoms with Crippen molar-refractivity contribution in [2.24, 2.45) is 0 Å². The molecule has 2 heteroatoms. The van der Waals surface area contributed by atoms with Gasteiger partial charge >= 0.3 is 0 Å². The van der Waals surface area contributed by atoms with E-state index in [0.29, 0.717) is 6.04 Å².